The van der Waals surface area contributed by atoms with Crippen molar-refractivity contribution in [2.24, 2.45) is 0 Å². The van der Waals surface area contributed by atoms with Gasteiger partial charge in [-0.05, 0) is 30.5 Å². The molecule has 0 spiro atoms. The maximum atomic E-state index is 11.7. The number of carbonyl (C=O) groups excluding carboxylic acids is 1. The summed E-state index contributed by atoms with van der Waals surface area (Å²) < 4.78 is 11.5. The second kappa shape index (κ2) is 8.46. The van der Waals surface area contributed by atoms with Gasteiger partial charge in [0.1, 0.15) is 0 Å². The van der Waals surface area contributed by atoms with Crippen LogP contribution in [0.4, 0.5) is 0 Å². The van der Waals surface area contributed by atoms with E-state index in [-0.39, 0.29) is 24.4 Å². The summed E-state index contributed by atoms with van der Waals surface area (Å²) in [4.78, 5) is 11.7. The fraction of sp³-hybridized carbons (Fsp3) is 0.500. The highest BCUT2D eigenvalue weighted by Gasteiger charge is 2.21. The lowest BCUT2D eigenvalue weighted by Crippen LogP contribution is -2.47. The first-order valence-corrected chi connectivity index (χ1v) is 7.36. The number of piperidine rings is 1. The third-order valence-corrected chi connectivity index (χ3v) is 4.11. The fourth-order valence-corrected chi connectivity index (χ4v) is 2.69. The Morgan fingerprint density at radius 2 is 2.00 bits per heavy atom. The fourth-order valence-electron chi connectivity index (χ4n) is 2.23. The molecular weight excluding hydrogens is 360 g/mol. The third-order valence-electron chi connectivity index (χ3n) is 3.38. The van der Waals surface area contributed by atoms with Crippen LogP contribution in [-0.4, -0.2) is 32.7 Å². The Morgan fingerprint density at radius 3 is 2.62 bits per heavy atom. The van der Waals surface area contributed by atoms with E-state index in [4.69, 9.17) is 9.47 Å². The van der Waals surface area contributed by atoms with Gasteiger partial charge in [-0.3, -0.25) is 4.79 Å². The van der Waals surface area contributed by atoms with Gasteiger partial charge in [-0.2, -0.15) is 0 Å². The van der Waals surface area contributed by atoms with Gasteiger partial charge >= 0.3 is 0 Å². The summed E-state index contributed by atoms with van der Waals surface area (Å²) in [5.41, 5.74) is 1.03. The van der Waals surface area contributed by atoms with E-state index in [9.17, 15) is 4.79 Å². The van der Waals surface area contributed by atoms with Crippen molar-refractivity contribution in [3.8, 4) is 11.5 Å². The SMILES string of the molecule is COc1cc(Br)c(CNC2CCCNC2=O)cc1OC.Cl. The van der Waals surface area contributed by atoms with Crippen molar-refractivity contribution in [3.05, 3.63) is 22.2 Å². The summed E-state index contributed by atoms with van der Waals surface area (Å²) in [6.07, 6.45) is 1.88. The average Bonchev–Trinajstić information content (AvgIpc) is 2.47. The van der Waals surface area contributed by atoms with Crippen molar-refractivity contribution in [2.45, 2.75) is 25.4 Å². The van der Waals surface area contributed by atoms with Crippen LogP contribution in [0.25, 0.3) is 0 Å². The molecule has 1 aliphatic rings. The number of hydrogen-bond donors (Lipinski definition) is 2. The molecule has 1 saturated heterocycles. The van der Waals surface area contributed by atoms with E-state index in [2.05, 4.69) is 26.6 Å². The molecule has 21 heavy (non-hydrogen) atoms. The normalized spacial score (nSPS) is 17.7. The molecule has 2 N–H and O–H groups in total. The molecule has 1 aromatic rings. The molecule has 2 rings (SSSR count). The molecule has 1 atom stereocenters. The minimum atomic E-state index is -0.122. The van der Waals surface area contributed by atoms with Gasteiger partial charge in [-0.25, -0.2) is 0 Å². The quantitative estimate of drug-likeness (QED) is 0.824. The first-order valence-electron chi connectivity index (χ1n) is 6.57. The molecule has 7 heteroatoms. The van der Waals surface area contributed by atoms with Crippen molar-refractivity contribution in [2.75, 3.05) is 20.8 Å². The van der Waals surface area contributed by atoms with Crippen LogP contribution < -0.4 is 20.1 Å². The van der Waals surface area contributed by atoms with E-state index in [1.54, 1.807) is 14.2 Å². The number of rotatable bonds is 5. The zero-order valence-electron chi connectivity index (χ0n) is 12.1. The summed E-state index contributed by atoms with van der Waals surface area (Å²) in [5, 5.41) is 6.14. The molecule has 1 fully saturated rings. The first-order chi connectivity index (χ1) is 9.65. The van der Waals surface area contributed by atoms with Crippen LogP contribution in [-0.2, 0) is 11.3 Å². The largest absolute Gasteiger partial charge is 0.493 e. The van der Waals surface area contributed by atoms with E-state index < -0.39 is 0 Å². The predicted molar refractivity (Wildman–Crippen MR) is 87.4 cm³/mol. The molecule has 118 valence electrons. The van der Waals surface area contributed by atoms with E-state index in [1.165, 1.54) is 0 Å². The van der Waals surface area contributed by atoms with Crippen molar-refractivity contribution in [1.82, 2.24) is 10.6 Å². The van der Waals surface area contributed by atoms with Gasteiger partial charge in [0.2, 0.25) is 5.91 Å². The zero-order valence-corrected chi connectivity index (χ0v) is 14.5. The lowest BCUT2D eigenvalue weighted by Gasteiger charge is -2.23. The summed E-state index contributed by atoms with van der Waals surface area (Å²) in [7, 11) is 3.21. The summed E-state index contributed by atoms with van der Waals surface area (Å²) >= 11 is 3.52. The number of halogens is 2. The number of ether oxygens (including phenoxy) is 2. The van der Waals surface area contributed by atoms with Crippen LogP contribution in [0.3, 0.4) is 0 Å². The summed E-state index contributed by atoms with van der Waals surface area (Å²) in [6, 6.07) is 3.66. The van der Waals surface area contributed by atoms with Gasteiger partial charge in [0.25, 0.3) is 0 Å². The molecule has 0 saturated carbocycles. The van der Waals surface area contributed by atoms with Crippen LogP contribution in [0.5, 0.6) is 11.5 Å². The van der Waals surface area contributed by atoms with Crippen LogP contribution in [0.2, 0.25) is 0 Å². The highest BCUT2D eigenvalue weighted by atomic mass is 79.9. The van der Waals surface area contributed by atoms with Gasteiger partial charge in [0.15, 0.2) is 11.5 Å². The van der Waals surface area contributed by atoms with Crippen molar-refractivity contribution >= 4 is 34.2 Å². The molecule has 5 nitrogen and oxygen atoms in total. The molecule has 0 aromatic heterocycles. The summed E-state index contributed by atoms with van der Waals surface area (Å²) in [6.45, 7) is 1.37. The van der Waals surface area contributed by atoms with E-state index in [0.717, 1.165) is 29.4 Å². The Hall–Kier alpha value is -0.980. The average molecular weight is 380 g/mol. The highest BCUT2D eigenvalue weighted by molar-refractivity contribution is 9.10. The minimum absolute atomic E-state index is 0. The number of carbonyl (C=O) groups is 1. The van der Waals surface area contributed by atoms with Gasteiger partial charge in [-0.15, -0.1) is 12.4 Å². The van der Waals surface area contributed by atoms with E-state index in [0.29, 0.717) is 18.0 Å². The third kappa shape index (κ3) is 4.49. The van der Waals surface area contributed by atoms with Crippen LogP contribution in [0.1, 0.15) is 18.4 Å². The molecular formula is C14H20BrClN2O3. The monoisotopic (exact) mass is 378 g/mol. The molecule has 0 radical (unpaired) electrons. The highest BCUT2D eigenvalue weighted by Crippen LogP contribution is 2.33. The maximum Gasteiger partial charge on any atom is 0.237 e. The van der Waals surface area contributed by atoms with Gasteiger partial charge in [-0.1, -0.05) is 15.9 Å². The number of nitrogens with one attached hydrogen (secondary N) is 2. The van der Waals surface area contributed by atoms with Gasteiger partial charge in [0, 0.05) is 17.6 Å². The topological polar surface area (TPSA) is 59.6 Å². The molecule has 1 heterocycles. The second-order valence-electron chi connectivity index (χ2n) is 4.67. The molecule has 0 bridgehead atoms. The van der Waals surface area contributed by atoms with Crippen LogP contribution in [0.15, 0.2) is 16.6 Å². The Kier molecular flexibility index (Phi) is 7.28. The number of benzene rings is 1. The molecule has 0 aliphatic carbocycles. The van der Waals surface area contributed by atoms with Gasteiger partial charge in [0.05, 0.1) is 20.3 Å². The Balaban J connectivity index is 0.00000220. The Bertz CT molecular complexity index is 499. The molecule has 1 unspecified atom stereocenters. The lowest BCUT2D eigenvalue weighted by molar-refractivity contribution is -0.124. The lowest BCUT2D eigenvalue weighted by atomic mass is 10.1. The maximum absolute atomic E-state index is 11.7. The van der Waals surface area contributed by atoms with Crippen molar-refractivity contribution in [1.29, 1.82) is 0 Å². The van der Waals surface area contributed by atoms with Crippen LogP contribution in [0, 0.1) is 0 Å². The van der Waals surface area contributed by atoms with Crippen LogP contribution >= 0.6 is 28.3 Å². The zero-order chi connectivity index (χ0) is 14.5. The second-order valence-corrected chi connectivity index (χ2v) is 5.52. The van der Waals surface area contributed by atoms with E-state index in [1.807, 2.05) is 12.1 Å². The number of hydrogen-bond acceptors (Lipinski definition) is 4. The van der Waals surface area contributed by atoms with Gasteiger partial charge < -0.3 is 20.1 Å². The predicted octanol–water partition coefficient (Wildman–Crippen LogP) is 2.26. The van der Waals surface area contributed by atoms with Crippen molar-refractivity contribution in [3.63, 3.8) is 0 Å². The smallest absolute Gasteiger partial charge is 0.237 e. The van der Waals surface area contributed by atoms with E-state index >= 15 is 0 Å². The summed E-state index contributed by atoms with van der Waals surface area (Å²) in [5.74, 6) is 1.44. The number of methoxy groups -OCH3 is 2. The standard InChI is InChI=1S/C14H19BrN2O3.ClH/c1-19-12-6-9(10(15)7-13(12)20-2)8-17-11-4-3-5-16-14(11)18;/h6-7,11,17H,3-5,8H2,1-2H3,(H,16,18);1H. The first kappa shape index (κ1) is 18.1. The molecule has 1 aromatic carbocycles. The Labute approximate surface area is 139 Å². The minimum Gasteiger partial charge on any atom is -0.493 e. The Morgan fingerprint density at radius 1 is 1.33 bits per heavy atom. The number of amides is 1. The molecule has 1 aliphatic heterocycles. The molecule has 1 amide bonds. The van der Waals surface area contributed by atoms with Crippen molar-refractivity contribution < 1.29 is 14.3 Å².